The summed E-state index contributed by atoms with van der Waals surface area (Å²) in [6.45, 7) is 3.46. The SMILES string of the molecule is COc1ccc(NC(C)CC(C)C)cc1OC(F)F. The summed E-state index contributed by atoms with van der Waals surface area (Å²) in [5, 5.41) is 3.26. The zero-order valence-corrected chi connectivity index (χ0v) is 11.7. The summed E-state index contributed by atoms with van der Waals surface area (Å²) in [4.78, 5) is 0. The molecule has 1 unspecified atom stereocenters. The maximum Gasteiger partial charge on any atom is 0.387 e. The molecule has 108 valence electrons. The monoisotopic (exact) mass is 273 g/mol. The van der Waals surface area contributed by atoms with E-state index in [0.717, 1.165) is 12.1 Å². The molecule has 0 radical (unpaired) electrons. The molecule has 0 aliphatic rings. The third-order valence-corrected chi connectivity index (χ3v) is 2.62. The minimum atomic E-state index is -2.86. The fraction of sp³-hybridized carbons (Fsp3) is 0.571. The molecule has 3 nitrogen and oxygen atoms in total. The number of rotatable bonds is 7. The first-order chi connectivity index (χ1) is 8.92. The molecule has 0 bridgehead atoms. The summed E-state index contributed by atoms with van der Waals surface area (Å²) < 4.78 is 34.0. The highest BCUT2D eigenvalue weighted by molar-refractivity contribution is 5.55. The minimum Gasteiger partial charge on any atom is -0.493 e. The van der Waals surface area contributed by atoms with E-state index >= 15 is 0 Å². The molecule has 0 saturated heterocycles. The van der Waals surface area contributed by atoms with Crippen LogP contribution in [0.2, 0.25) is 0 Å². The van der Waals surface area contributed by atoms with E-state index in [9.17, 15) is 8.78 Å². The van der Waals surface area contributed by atoms with Crippen LogP contribution in [0.4, 0.5) is 14.5 Å². The molecule has 1 rings (SSSR count). The second kappa shape index (κ2) is 7.16. The van der Waals surface area contributed by atoms with Gasteiger partial charge in [0.2, 0.25) is 0 Å². The van der Waals surface area contributed by atoms with Crippen LogP contribution < -0.4 is 14.8 Å². The average molecular weight is 273 g/mol. The Bertz CT molecular complexity index is 397. The van der Waals surface area contributed by atoms with Crippen LogP contribution >= 0.6 is 0 Å². The first-order valence-electron chi connectivity index (χ1n) is 6.31. The van der Waals surface area contributed by atoms with Crippen molar-refractivity contribution in [3.8, 4) is 11.5 Å². The van der Waals surface area contributed by atoms with Crippen LogP contribution in [0.1, 0.15) is 27.2 Å². The Morgan fingerprint density at radius 1 is 1.16 bits per heavy atom. The zero-order chi connectivity index (χ0) is 14.4. The number of ether oxygens (including phenoxy) is 2. The highest BCUT2D eigenvalue weighted by atomic mass is 19.3. The zero-order valence-electron chi connectivity index (χ0n) is 11.7. The fourth-order valence-corrected chi connectivity index (χ4v) is 2.01. The van der Waals surface area contributed by atoms with Crippen LogP contribution in [0.3, 0.4) is 0 Å². The number of alkyl halides is 2. The molecular weight excluding hydrogens is 252 g/mol. The lowest BCUT2D eigenvalue weighted by atomic mass is 10.1. The van der Waals surface area contributed by atoms with E-state index in [4.69, 9.17) is 4.74 Å². The van der Waals surface area contributed by atoms with Gasteiger partial charge >= 0.3 is 6.61 Å². The van der Waals surface area contributed by atoms with E-state index in [-0.39, 0.29) is 11.8 Å². The molecule has 0 saturated carbocycles. The number of methoxy groups -OCH3 is 1. The number of anilines is 1. The lowest BCUT2D eigenvalue weighted by molar-refractivity contribution is -0.0511. The molecule has 1 aromatic rings. The van der Waals surface area contributed by atoms with Crippen LogP contribution in [0.25, 0.3) is 0 Å². The van der Waals surface area contributed by atoms with E-state index in [1.54, 1.807) is 12.1 Å². The lowest BCUT2D eigenvalue weighted by Gasteiger charge is -2.18. The molecule has 1 N–H and O–H groups in total. The van der Waals surface area contributed by atoms with Gasteiger partial charge in [-0.25, -0.2) is 0 Å². The molecule has 0 amide bonds. The summed E-state index contributed by atoms with van der Waals surface area (Å²) in [5.74, 6) is 0.902. The van der Waals surface area contributed by atoms with Gasteiger partial charge < -0.3 is 14.8 Å². The lowest BCUT2D eigenvalue weighted by Crippen LogP contribution is -2.17. The molecule has 0 aliphatic heterocycles. The Hall–Kier alpha value is -1.52. The smallest absolute Gasteiger partial charge is 0.387 e. The molecule has 1 atom stereocenters. The second-order valence-electron chi connectivity index (χ2n) is 4.92. The van der Waals surface area contributed by atoms with E-state index in [1.807, 2.05) is 0 Å². The quantitative estimate of drug-likeness (QED) is 0.809. The van der Waals surface area contributed by atoms with Crippen LogP contribution in [-0.2, 0) is 0 Å². The fourth-order valence-electron chi connectivity index (χ4n) is 2.01. The molecule has 5 heteroatoms. The predicted octanol–water partition coefficient (Wildman–Crippen LogP) is 4.14. The van der Waals surface area contributed by atoms with E-state index in [2.05, 4.69) is 30.8 Å². The Morgan fingerprint density at radius 3 is 2.37 bits per heavy atom. The van der Waals surface area contributed by atoms with E-state index < -0.39 is 6.61 Å². The standard InChI is InChI=1S/C14H21F2NO2/c1-9(2)7-10(3)17-11-5-6-12(18-4)13(8-11)19-14(15)16/h5-6,8-10,14,17H,7H2,1-4H3. The normalized spacial score (nSPS) is 12.6. The molecule has 0 aliphatic carbocycles. The van der Waals surface area contributed by atoms with Crippen molar-refractivity contribution < 1.29 is 18.3 Å². The van der Waals surface area contributed by atoms with Crippen molar-refractivity contribution >= 4 is 5.69 Å². The number of nitrogens with one attached hydrogen (secondary N) is 1. The van der Waals surface area contributed by atoms with Crippen LogP contribution in [0.5, 0.6) is 11.5 Å². The van der Waals surface area contributed by atoms with E-state index in [1.165, 1.54) is 13.2 Å². The van der Waals surface area contributed by atoms with Crippen molar-refractivity contribution in [2.24, 2.45) is 5.92 Å². The van der Waals surface area contributed by atoms with Crippen LogP contribution in [-0.4, -0.2) is 19.8 Å². The summed E-state index contributed by atoms with van der Waals surface area (Å²) in [5.41, 5.74) is 0.740. The average Bonchev–Trinajstić information content (AvgIpc) is 2.27. The van der Waals surface area contributed by atoms with Gasteiger partial charge in [-0.2, -0.15) is 8.78 Å². The largest absolute Gasteiger partial charge is 0.493 e. The molecule has 0 fully saturated rings. The van der Waals surface area contributed by atoms with Gasteiger partial charge in [0.15, 0.2) is 11.5 Å². The van der Waals surface area contributed by atoms with Gasteiger partial charge in [-0.15, -0.1) is 0 Å². The van der Waals surface area contributed by atoms with Gasteiger partial charge in [-0.05, 0) is 31.4 Å². The van der Waals surface area contributed by atoms with Crippen LogP contribution in [0, 0.1) is 5.92 Å². The van der Waals surface area contributed by atoms with Gasteiger partial charge in [0, 0.05) is 17.8 Å². The highest BCUT2D eigenvalue weighted by Crippen LogP contribution is 2.31. The minimum absolute atomic E-state index is 0.0410. The number of benzene rings is 1. The topological polar surface area (TPSA) is 30.5 Å². The summed E-state index contributed by atoms with van der Waals surface area (Å²) >= 11 is 0. The Morgan fingerprint density at radius 2 is 1.84 bits per heavy atom. The first kappa shape index (κ1) is 15.5. The maximum absolute atomic E-state index is 12.3. The maximum atomic E-state index is 12.3. The first-order valence-corrected chi connectivity index (χ1v) is 6.31. The van der Waals surface area contributed by atoms with Crippen LogP contribution in [0.15, 0.2) is 18.2 Å². The second-order valence-corrected chi connectivity index (χ2v) is 4.92. The van der Waals surface area contributed by atoms with Gasteiger partial charge in [-0.3, -0.25) is 0 Å². The van der Waals surface area contributed by atoms with Gasteiger partial charge in [-0.1, -0.05) is 13.8 Å². The number of hydrogen-bond donors (Lipinski definition) is 1. The summed E-state index contributed by atoms with van der Waals surface area (Å²) in [6, 6.07) is 5.19. The van der Waals surface area contributed by atoms with Crippen molar-refractivity contribution in [1.82, 2.24) is 0 Å². The third-order valence-electron chi connectivity index (χ3n) is 2.62. The summed E-state index contributed by atoms with van der Waals surface area (Å²) in [7, 11) is 1.42. The van der Waals surface area contributed by atoms with Gasteiger partial charge in [0.05, 0.1) is 7.11 Å². The van der Waals surface area contributed by atoms with Crippen molar-refractivity contribution in [2.45, 2.75) is 39.8 Å². The molecular formula is C14H21F2NO2. The van der Waals surface area contributed by atoms with Crippen molar-refractivity contribution in [2.75, 3.05) is 12.4 Å². The van der Waals surface area contributed by atoms with E-state index in [0.29, 0.717) is 11.7 Å². The van der Waals surface area contributed by atoms with Crippen molar-refractivity contribution in [1.29, 1.82) is 0 Å². The predicted molar refractivity (Wildman–Crippen MR) is 72.2 cm³/mol. The van der Waals surface area contributed by atoms with Gasteiger partial charge in [0.25, 0.3) is 0 Å². The highest BCUT2D eigenvalue weighted by Gasteiger charge is 2.12. The Labute approximate surface area is 112 Å². The summed E-state index contributed by atoms with van der Waals surface area (Å²) in [6.07, 6.45) is 0.997. The molecule has 19 heavy (non-hydrogen) atoms. The third kappa shape index (κ3) is 5.32. The van der Waals surface area contributed by atoms with Gasteiger partial charge in [0.1, 0.15) is 0 Å². The number of hydrogen-bond acceptors (Lipinski definition) is 3. The molecule has 0 heterocycles. The Balaban J connectivity index is 2.79. The molecule has 0 spiro atoms. The van der Waals surface area contributed by atoms with Crippen molar-refractivity contribution in [3.05, 3.63) is 18.2 Å². The van der Waals surface area contributed by atoms with Crippen molar-refractivity contribution in [3.63, 3.8) is 0 Å². The molecule has 1 aromatic carbocycles. The Kier molecular flexibility index (Phi) is 5.86. The number of halogens is 2. The molecule has 0 aromatic heterocycles.